The van der Waals surface area contributed by atoms with Crippen molar-refractivity contribution in [2.75, 3.05) is 16.8 Å². The van der Waals surface area contributed by atoms with Gasteiger partial charge in [-0.2, -0.15) is 4.98 Å². The molecule has 128 valence electrons. The third-order valence-electron chi connectivity index (χ3n) is 3.87. The molecule has 1 heterocycles. The third kappa shape index (κ3) is 4.32. The van der Waals surface area contributed by atoms with Crippen LogP contribution in [0, 0.1) is 12.7 Å². The number of benzene rings is 2. The van der Waals surface area contributed by atoms with E-state index in [2.05, 4.69) is 39.2 Å². The van der Waals surface area contributed by atoms with E-state index >= 15 is 0 Å². The second-order valence-electron chi connectivity index (χ2n) is 5.75. The van der Waals surface area contributed by atoms with Gasteiger partial charge >= 0.3 is 0 Å². The van der Waals surface area contributed by atoms with Crippen LogP contribution in [0.5, 0.6) is 0 Å². The Morgan fingerprint density at radius 1 is 1.00 bits per heavy atom. The van der Waals surface area contributed by atoms with Crippen molar-refractivity contribution in [3.8, 4) is 0 Å². The quantitative estimate of drug-likeness (QED) is 0.709. The minimum atomic E-state index is -0.237. The topological polar surface area (TPSA) is 41.1 Å². The Morgan fingerprint density at radius 3 is 2.40 bits per heavy atom. The molecule has 1 aromatic heterocycles. The Kier molecular flexibility index (Phi) is 5.23. The molecule has 0 saturated carbocycles. The lowest BCUT2D eigenvalue weighted by atomic mass is 10.2. The number of nitrogens with one attached hydrogen (secondary N) is 1. The second kappa shape index (κ2) is 7.75. The molecular weight excluding hydrogens is 315 g/mol. The van der Waals surface area contributed by atoms with E-state index < -0.39 is 0 Å². The highest BCUT2D eigenvalue weighted by molar-refractivity contribution is 5.61. The summed E-state index contributed by atoms with van der Waals surface area (Å²) in [6.07, 6.45) is 0. The molecule has 0 spiro atoms. The molecule has 25 heavy (non-hydrogen) atoms. The van der Waals surface area contributed by atoms with Gasteiger partial charge in [-0.25, -0.2) is 9.37 Å². The molecule has 3 rings (SSSR count). The standard InChI is InChI=1S/C20H21FN4/c1-3-25(18-7-5-4-6-8-18)19-13-15(2)23-20(24-19)22-14-16-9-11-17(21)12-10-16/h4-13H,3,14H2,1-2H3,(H,22,23,24). The summed E-state index contributed by atoms with van der Waals surface area (Å²) in [7, 11) is 0. The minimum absolute atomic E-state index is 0.237. The average Bonchev–Trinajstić information content (AvgIpc) is 2.62. The molecule has 0 aliphatic rings. The van der Waals surface area contributed by atoms with Gasteiger partial charge in [0.1, 0.15) is 11.6 Å². The van der Waals surface area contributed by atoms with Gasteiger partial charge in [0.05, 0.1) is 0 Å². The molecule has 2 aromatic carbocycles. The van der Waals surface area contributed by atoms with E-state index in [-0.39, 0.29) is 5.82 Å². The maximum absolute atomic E-state index is 13.0. The predicted octanol–water partition coefficient (Wildman–Crippen LogP) is 4.69. The van der Waals surface area contributed by atoms with Gasteiger partial charge in [-0.15, -0.1) is 0 Å². The highest BCUT2D eigenvalue weighted by Crippen LogP contribution is 2.24. The Labute approximate surface area is 147 Å². The van der Waals surface area contributed by atoms with Gasteiger partial charge in [0, 0.05) is 30.5 Å². The van der Waals surface area contributed by atoms with E-state index in [1.807, 2.05) is 31.2 Å². The zero-order chi connectivity index (χ0) is 17.6. The van der Waals surface area contributed by atoms with Crippen LogP contribution in [-0.2, 0) is 6.54 Å². The molecule has 1 N–H and O–H groups in total. The summed E-state index contributed by atoms with van der Waals surface area (Å²) < 4.78 is 13.0. The first kappa shape index (κ1) is 16.9. The van der Waals surface area contributed by atoms with Gasteiger partial charge in [0.25, 0.3) is 0 Å². The third-order valence-corrected chi connectivity index (χ3v) is 3.87. The van der Waals surface area contributed by atoms with E-state index in [4.69, 9.17) is 0 Å². The van der Waals surface area contributed by atoms with Crippen LogP contribution in [0.2, 0.25) is 0 Å². The van der Waals surface area contributed by atoms with Gasteiger partial charge < -0.3 is 10.2 Å². The summed E-state index contributed by atoms with van der Waals surface area (Å²) in [5.41, 5.74) is 2.96. The number of hydrogen-bond acceptors (Lipinski definition) is 4. The number of rotatable bonds is 6. The van der Waals surface area contributed by atoms with Crippen LogP contribution in [-0.4, -0.2) is 16.5 Å². The Morgan fingerprint density at radius 2 is 1.72 bits per heavy atom. The molecule has 0 fully saturated rings. The molecule has 0 aliphatic heterocycles. The first-order valence-corrected chi connectivity index (χ1v) is 8.32. The van der Waals surface area contributed by atoms with Crippen molar-refractivity contribution in [1.82, 2.24) is 9.97 Å². The SMILES string of the molecule is CCN(c1ccccc1)c1cc(C)nc(NCc2ccc(F)cc2)n1. The van der Waals surface area contributed by atoms with Crippen molar-refractivity contribution in [3.63, 3.8) is 0 Å². The Balaban J connectivity index is 1.81. The molecule has 5 heteroatoms. The molecule has 4 nitrogen and oxygen atoms in total. The molecular formula is C20H21FN4. The van der Waals surface area contributed by atoms with E-state index in [9.17, 15) is 4.39 Å². The number of halogens is 1. The van der Waals surface area contributed by atoms with Crippen molar-refractivity contribution >= 4 is 17.5 Å². The van der Waals surface area contributed by atoms with Crippen molar-refractivity contribution < 1.29 is 4.39 Å². The number of aryl methyl sites for hydroxylation is 1. The molecule has 0 radical (unpaired) electrons. The smallest absolute Gasteiger partial charge is 0.225 e. The van der Waals surface area contributed by atoms with Crippen molar-refractivity contribution in [2.45, 2.75) is 20.4 Å². The Hall–Kier alpha value is -2.95. The molecule has 0 saturated heterocycles. The highest BCUT2D eigenvalue weighted by Gasteiger charge is 2.11. The number of anilines is 3. The number of hydrogen-bond donors (Lipinski definition) is 1. The molecule has 3 aromatic rings. The van der Waals surface area contributed by atoms with E-state index in [0.717, 1.165) is 29.3 Å². The van der Waals surface area contributed by atoms with Gasteiger partial charge in [-0.05, 0) is 43.7 Å². The first-order valence-electron chi connectivity index (χ1n) is 8.32. The van der Waals surface area contributed by atoms with E-state index in [1.165, 1.54) is 12.1 Å². The zero-order valence-electron chi connectivity index (χ0n) is 14.4. The summed E-state index contributed by atoms with van der Waals surface area (Å²) in [6.45, 7) is 5.39. The summed E-state index contributed by atoms with van der Waals surface area (Å²) >= 11 is 0. The van der Waals surface area contributed by atoms with Crippen LogP contribution in [0.3, 0.4) is 0 Å². The van der Waals surface area contributed by atoms with Gasteiger partial charge in [-0.1, -0.05) is 30.3 Å². The summed E-state index contributed by atoms with van der Waals surface area (Å²) in [6, 6.07) is 18.5. The monoisotopic (exact) mass is 336 g/mol. The largest absolute Gasteiger partial charge is 0.350 e. The van der Waals surface area contributed by atoms with Crippen LogP contribution in [0.15, 0.2) is 60.7 Å². The van der Waals surface area contributed by atoms with E-state index in [1.54, 1.807) is 12.1 Å². The van der Waals surface area contributed by atoms with Crippen LogP contribution in [0.1, 0.15) is 18.2 Å². The summed E-state index contributed by atoms with van der Waals surface area (Å²) in [5.74, 6) is 1.18. The van der Waals surface area contributed by atoms with Gasteiger partial charge in [-0.3, -0.25) is 0 Å². The number of nitrogens with zero attached hydrogens (tertiary/aromatic N) is 3. The first-order chi connectivity index (χ1) is 12.2. The highest BCUT2D eigenvalue weighted by atomic mass is 19.1. The van der Waals surface area contributed by atoms with Crippen LogP contribution in [0.4, 0.5) is 21.8 Å². The number of para-hydroxylation sites is 1. The van der Waals surface area contributed by atoms with Gasteiger partial charge in [0.15, 0.2) is 0 Å². The second-order valence-corrected chi connectivity index (χ2v) is 5.75. The van der Waals surface area contributed by atoms with E-state index in [0.29, 0.717) is 12.5 Å². The molecule has 0 amide bonds. The fraction of sp³-hybridized carbons (Fsp3) is 0.200. The maximum atomic E-state index is 13.0. The lowest BCUT2D eigenvalue weighted by Gasteiger charge is -2.23. The average molecular weight is 336 g/mol. The minimum Gasteiger partial charge on any atom is -0.350 e. The van der Waals surface area contributed by atoms with Crippen LogP contribution < -0.4 is 10.2 Å². The normalized spacial score (nSPS) is 10.5. The molecule has 0 unspecified atom stereocenters. The molecule has 0 atom stereocenters. The fourth-order valence-corrected chi connectivity index (χ4v) is 2.64. The molecule has 0 bridgehead atoms. The zero-order valence-corrected chi connectivity index (χ0v) is 14.4. The van der Waals surface area contributed by atoms with Crippen LogP contribution in [0.25, 0.3) is 0 Å². The predicted molar refractivity (Wildman–Crippen MR) is 99.6 cm³/mol. The van der Waals surface area contributed by atoms with Crippen LogP contribution >= 0.6 is 0 Å². The lowest BCUT2D eigenvalue weighted by Crippen LogP contribution is -2.18. The summed E-state index contributed by atoms with van der Waals surface area (Å²) in [5, 5.41) is 3.22. The summed E-state index contributed by atoms with van der Waals surface area (Å²) in [4.78, 5) is 11.2. The lowest BCUT2D eigenvalue weighted by molar-refractivity contribution is 0.627. The Bertz CT molecular complexity index is 819. The molecule has 0 aliphatic carbocycles. The van der Waals surface area contributed by atoms with Crippen molar-refractivity contribution in [2.24, 2.45) is 0 Å². The fourth-order valence-electron chi connectivity index (χ4n) is 2.64. The maximum Gasteiger partial charge on any atom is 0.225 e. The number of aromatic nitrogens is 2. The van der Waals surface area contributed by atoms with Crippen molar-refractivity contribution in [1.29, 1.82) is 0 Å². The van der Waals surface area contributed by atoms with Gasteiger partial charge in [0.2, 0.25) is 5.95 Å². The van der Waals surface area contributed by atoms with Crippen molar-refractivity contribution in [3.05, 3.63) is 77.7 Å².